The molecule has 0 atom stereocenters. The Labute approximate surface area is 120 Å². The zero-order valence-corrected chi connectivity index (χ0v) is 11.3. The number of carbonyl (C=O) groups is 1. The molecule has 2 aromatic heterocycles. The van der Waals surface area contributed by atoms with Crippen LogP contribution in [0.5, 0.6) is 0 Å². The van der Waals surface area contributed by atoms with E-state index in [9.17, 15) is 9.90 Å². The highest BCUT2D eigenvalue weighted by Gasteiger charge is 2.20. The summed E-state index contributed by atoms with van der Waals surface area (Å²) in [4.78, 5) is 11.7. The van der Waals surface area contributed by atoms with Crippen molar-refractivity contribution in [1.29, 1.82) is 0 Å². The van der Waals surface area contributed by atoms with Gasteiger partial charge < -0.3 is 5.11 Å². The Balaban J connectivity index is 2.25. The molecule has 0 aliphatic carbocycles. The third-order valence-corrected chi connectivity index (χ3v) is 3.13. The molecule has 0 fully saturated rings. The Kier molecular flexibility index (Phi) is 3.19. The first kappa shape index (κ1) is 13.0. The molecule has 0 bridgehead atoms. The van der Waals surface area contributed by atoms with E-state index in [1.165, 1.54) is 6.20 Å². The fourth-order valence-corrected chi connectivity index (χ4v) is 2.19. The second-order valence-corrected chi connectivity index (χ2v) is 4.56. The Morgan fingerprint density at radius 2 is 1.90 bits per heavy atom. The number of rotatable bonds is 3. The Morgan fingerprint density at radius 1 is 1.14 bits per heavy atom. The van der Waals surface area contributed by atoms with Gasteiger partial charge >= 0.3 is 5.97 Å². The summed E-state index contributed by atoms with van der Waals surface area (Å²) < 4.78 is 1.60. The van der Waals surface area contributed by atoms with Crippen LogP contribution in [0.2, 0.25) is 0 Å². The number of aromatic nitrogens is 4. The third-order valence-electron chi connectivity index (χ3n) is 3.13. The SMILES string of the molecule is Cn1cc(-c2nncc(-c3ccccc3)c2C(=O)O)cn1. The quantitative estimate of drug-likeness (QED) is 0.795. The van der Waals surface area contributed by atoms with E-state index in [-0.39, 0.29) is 5.56 Å². The number of hydrogen-bond donors (Lipinski definition) is 1. The number of aromatic carboxylic acids is 1. The van der Waals surface area contributed by atoms with Gasteiger partial charge in [-0.3, -0.25) is 4.68 Å². The molecule has 0 aliphatic rings. The zero-order valence-electron chi connectivity index (χ0n) is 11.3. The van der Waals surface area contributed by atoms with Crippen LogP contribution in [-0.4, -0.2) is 31.1 Å². The lowest BCUT2D eigenvalue weighted by atomic mass is 9.99. The molecule has 0 aliphatic heterocycles. The summed E-state index contributed by atoms with van der Waals surface area (Å²) in [7, 11) is 1.76. The van der Waals surface area contributed by atoms with Crippen molar-refractivity contribution >= 4 is 5.97 Å². The van der Waals surface area contributed by atoms with Crippen LogP contribution in [0.25, 0.3) is 22.4 Å². The van der Waals surface area contributed by atoms with Gasteiger partial charge in [-0.25, -0.2) is 4.79 Å². The minimum Gasteiger partial charge on any atom is -0.478 e. The van der Waals surface area contributed by atoms with Gasteiger partial charge in [0.05, 0.1) is 18.0 Å². The first-order chi connectivity index (χ1) is 10.2. The number of benzene rings is 1. The zero-order chi connectivity index (χ0) is 14.8. The molecular weight excluding hydrogens is 268 g/mol. The molecule has 104 valence electrons. The molecule has 0 spiro atoms. The normalized spacial score (nSPS) is 10.5. The Bertz CT molecular complexity index is 796. The average molecular weight is 280 g/mol. The van der Waals surface area contributed by atoms with Crippen LogP contribution in [0.4, 0.5) is 0 Å². The van der Waals surface area contributed by atoms with E-state index in [4.69, 9.17) is 0 Å². The van der Waals surface area contributed by atoms with Crippen molar-refractivity contribution in [3.8, 4) is 22.4 Å². The summed E-state index contributed by atoms with van der Waals surface area (Å²) in [6.45, 7) is 0. The molecule has 3 aromatic rings. The maximum atomic E-state index is 11.7. The molecule has 0 saturated heterocycles. The standard InChI is InChI=1S/C15H12N4O2/c1-19-9-11(7-17-19)14-13(15(20)21)12(8-16-18-14)10-5-3-2-4-6-10/h2-9H,1H3,(H,20,21). The predicted octanol–water partition coefficient (Wildman–Crippen LogP) is 2.24. The summed E-state index contributed by atoms with van der Waals surface area (Å²) in [5.41, 5.74) is 2.40. The van der Waals surface area contributed by atoms with Gasteiger partial charge in [-0.2, -0.15) is 10.2 Å². The van der Waals surface area contributed by atoms with Gasteiger partial charge in [-0.1, -0.05) is 30.3 Å². The van der Waals surface area contributed by atoms with Gasteiger partial charge in [0.2, 0.25) is 0 Å². The van der Waals surface area contributed by atoms with Gasteiger partial charge in [-0.05, 0) is 5.56 Å². The van der Waals surface area contributed by atoms with E-state index >= 15 is 0 Å². The average Bonchev–Trinajstić information content (AvgIpc) is 2.94. The van der Waals surface area contributed by atoms with E-state index in [1.807, 2.05) is 30.3 Å². The summed E-state index contributed by atoms with van der Waals surface area (Å²) in [5.74, 6) is -1.04. The third kappa shape index (κ3) is 2.38. The first-order valence-corrected chi connectivity index (χ1v) is 6.30. The van der Waals surface area contributed by atoms with Gasteiger partial charge in [0.15, 0.2) is 0 Å². The maximum Gasteiger partial charge on any atom is 0.338 e. The topological polar surface area (TPSA) is 80.9 Å². The van der Waals surface area contributed by atoms with Crippen molar-refractivity contribution in [2.75, 3.05) is 0 Å². The van der Waals surface area contributed by atoms with Crippen LogP contribution < -0.4 is 0 Å². The highest BCUT2D eigenvalue weighted by molar-refractivity contribution is 6.01. The number of nitrogens with zero attached hydrogens (tertiary/aromatic N) is 4. The molecule has 0 amide bonds. The molecule has 0 saturated carbocycles. The highest BCUT2D eigenvalue weighted by Crippen LogP contribution is 2.29. The largest absolute Gasteiger partial charge is 0.478 e. The second kappa shape index (κ2) is 5.16. The van der Waals surface area contributed by atoms with Crippen LogP contribution in [0.1, 0.15) is 10.4 Å². The molecule has 1 aromatic carbocycles. The monoisotopic (exact) mass is 280 g/mol. The van der Waals surface area contributed by atoms with Crippen molar-refractivity contribution in [2.24, 2.45) is 7.05 Å². The first-order valence-electron chi connectivity index (χ1n) is 6.30. The molecular formula is C15H12N4O2. The van der Waals surface area contributed by atoms with Crippen molar-refractivity contribution in [3.63, 3.8) is 0 Å². The van der Waals surface area contributed by atoms with Crippen molar-refractivity contribution < 1.29 is 9.90 Å². The molecule has 3 rings (SSSR count). The molecule has 0 unspecified atom stereocenters. The van der Waals surface area contributed by atoms with Crippen molar-refractivity contribution in [2.45, 2.75) is 0 Å². The molecule has 6 nitrogen and oxygen atoms in total. The van der Waals surface area contributed by atoms with Gasteiger partial charge in [0, 0.05) is 24.4 Å². The number of aryl methyl sites for hydroxylation is 1. The van der Waals surface area contributed by atoms with E-state index in [0.29, 0.717) is 16.8 Å². The fraction of sp³-hybridized carbons (Fsp3) is 0.0667. The summed E-state index contributed by atoms with van der Waals surface area (Å²) in [6, 6.07) is 9.27. The van der Waals surface area contributed by atoms with Gasteiger partial charge in [-0.15, -0.1) is 5.10 Å². The van der Waals surface area contributed by atoms with Crippen molar-refractivity contribution in [3.05, 3.63) is 54.5 Å². The smallest absolute Gasteiger partial charge is 0.338 e. The van der Waals surface area contributed by atoms with Gasteiger partial charge in [0.25, 0.3) is 0 Å². The minimum atomic E-state index is -1.04. The molecule has 2 heterocycles. The number of carboxylic acids is 1. The molecule has 21 heavy (non-hydrogen) atoms. The summed E-state index contributed by atoms with van der Waals surface area (Å²) in [5, 5.41) is 21.6. The van der Waals surface area contributed by atoms with Crippen LogP contribution >= 0.6 is 0 Å². The predicted molar refractivity (Wildman–Crippen MR) is 76.6 cm³/mol. The second-order valence-electron chi connectivity index (χ2n) is 4.56. The van der Waals surface area contributed by atoms with Crippen LogP contribution in [0, 0.1) is 0 Å². The lowest BCUT2D eigenvalue weighted by molar-refractivity contribution is 0.0698. The van der Waals surface area contributed by atoms with Crippen LogP contribution in [0.3, 0.4) is 0 Å². The van der Waals surface area contributed by atoms with Crippen molar-refractivity contribution in [1.82, 2.24) is 20.0 Å². The number of carboxylic acid groups (broad SMARTS) is 1. The minimum absolute atomic E-state index is 0.129. The summed E-state index contributed by atoms with van der Waals surface area (Å²) in [6.07, 6.45) is 4.76. The molecule has 1 N–H and O–H groups in total. The van der Waals surface area contributed by atoms with E-state index < -0.39 is 5.97 Å². The lowest BCUT2D eigenvalue weighted by Crippen LogP contribution is -2.06. The maximum absolute atomic E-state index is 11.7. The van der Waals surface area contributed by atoms with E-state index in [0.717, 1.165) is 5.56 Å². The lowest BCUT2D eigenvalue weighted by Gasteiger charge is -2.08. The fourth-order valence-electron chi connectivity index (χ4n) is 2.19. The number of hydrogen-bond acceptors (Lipinski definition) is 4. The molecule has 0 radical (unpaired) electrons. The van der Waals surface area contributed by atoms with E-state index in [2.05, 4.69) is 15.3 Å². The van der Waals surface area contributed by atoms with Gasteiger partial charge in [0.1, 0.15) is 5.69 Å². The Morgan fingerprint density at radius 3 is 2.52 bits per heavy atom. The Hall–Kier alpha value is -3.02. The molecule has 6 heteroatoms. The van der Waals surface area contributed by atoms with E-state index in [1.54, 1.807) is 24.1 Å². The highest BCUT2D eigenvalue weighted by atomic mass is 16.4. The van der Waals surface area contributed by atoms with Crippen LogP contribution in [0.15, 0.2) is 48.9 Å². The summed E-state index contributed by atoms with van der Waals surface area (Å²) >= 11 is 0. The van der Waals surface area contributed by atoms with Crippen LogP contribution in [-0.2, 0) is 7.05 Å².